The first-order valence-corrected chi connectivity index (χ1v) is 24.4. The van der Waals surface area contributed by atoms with Crippen LogP contribution in [0.4, 0.5) is 0 Å². The summed E-state index contributed by atoms with van der Waals surface area (Å²) in [5.41, 5.74) is 11.1. The van der Waals surface area contributed by atoms with Gasteiger partial charge >= 0.3 is 243 Å². The zero-order chi connectivity index (χ0) is 26.3. The Morgan fingerprint density at radius 2 is 1.53 bits per heavy atom. The van der Waals surface area contributed by atoms with Gasteiger partial charge in [0, 0.05) is 0 Å². The number of aryl methyl sites for hydroxylation is 1. The van der Waals surface area contributed by atoms with E-state index in [9.17, 15) is 0 Å². The molecule has 4 aromatic carbocycles. The molecule has 6 rings (SSSR count). The third-order valence-electron chi connectivity index (χ3n) is 8.35. The van der Waals surface area contributed by atoms with Crippen molar-refractivity contribution in [2.75, 3.05) is 0 Å². The maximum absolute atomic E-state index is 7.83. The predicted octanol–water partition coefficient (Wildman–Crippen LogP) is 7.82. The van der Waals surface area contributed by atoms with Crippen LogP contribution in [0.1, 0.15) is 59.8 Å². The fourth-order valence-corrected chi connectivity index (χ4v) is 23.5. The van der Waals surface area contributed by atoms with Crippen molar-refractivity contribution in [3.05, 3.63) is 107 Å². The Bertz CT molecular complexity index is 1520. The fourth-order valence-electron chi connectivity index (χ4n) is 6.64. The molecule has 4 heteroatoms. The molecule has 4 aromatic rings. The molecule has 0 aromatic heterocycles. The molecule has 0 saturated carbocycles. The zero-order valence-corrected chi connectivity index (χ0v) is 27.6. The van der Waals surface area contributed by atoms with Gasteiger partial charge in [0.1, 0.15) is 0 Å². The average Bonchev–Trinajstić information content (AvgIpc) is 3.50. The number of rotatable bonds is 8. The van der Waals surface area contributed by atoms with E-state index in [0.29, 0.717) is 0 Å². The van der Waals surface area contributed by atoms with E-state index >= 15 is 0 Å². The van der Waals surface area contributed by atoms with Crippen molar-refractivity contribution in [3.8, 4) is 22.3 Å². The number of allylic oxidation sites excluding steroid dienone is 1. The molecule has 38 heavy (non-hydrogen) atoms. The number of hydrogen-bond donors (Lipinski definition) is 0. The minimum atomic E-state index is -3.93. The van der Waals surface area contributed by atoms with Crippen LogP contribution >= 0.6 is 17.0 Å². The van der Waals surface area contributed by atoms with Crippen LogP contribution in [0.15, 0.2) is 90.5 Å². The van der Waals surface area contributed by atoms with E-state index < -0.39 is 27.4 Å². The van der Waals surface area contributed by atoms with E-state index in [2.05, 4.69) is 105 Å². The second-order valence-corrected chi connectivity index (χ2v) is 26.6. The molecule has 0 fully saturated rings. The Morgan fingerprint density at radius 1 is 0.763 bits per heavy atom. The molecule has 0 saturated heterocycles. The van der Waals surface area contributed by atoms with Gasteiger partial charge in [0.15, 0.2) is 0 Å². The zero-order valence-electron chi connectivity index (χ0n) is 22.2. The first-order valence-electron chi connectivity index (χ1n) is 14.0. The van der Waals surface area contributed by atoms with Crippen LogP contribution in [0.25, 0.3) is 28.3 Å². The van der Waals surface area contributed by atoms with Crippen LogP contribution in [0.5, 0.6) is 0 Å². The number of fused-ring (bicyclic) bond motifs is 4. The molecular weight excluding hydrogens is 599 g/mol. The molecule has 0 spiro atoms. The van der Waals surface area contributed by atoms with Crippen LogP contribution in [-0.2, 0) is 24.3 Å². The monoisotopic (exact) mass is 630 g/mol. The molecule has 1 unspecified atom stereocenters. The number of hydrogen-bond acceptors (Lipinski definition) is 0. The molecule has 1 aliphatic carbocycles. The molecule has 0 nitrogen and oxygen atoms in total. The summed E-state index contributed by atoms with van der Waals surface area (Å²) < 4.78 is 1.47. The summed E-state index contributed by atoms with van der Waals surface area (Å²) in [6.07, 6.45) is 8.11. The van der Waals surface area contributed by atoms with E-state index in [1.54, 1.807) is 0 Å². The summed E-state index contributed by atoms with van der Waals surface area (Å²) in [4.78, 5) is 0. The van der Waals surface area contributed by atoms with Crippen LogP contribution in [0.2, 0.25) is 0 Å². The average molecular weight is 633 g/mol. The molecule has 0 bridgehead atoms. The van der Waals surface area contributed by atoms with Gasteiger partial charge in [0.25, 0.3) is 0 Å². The van der Waals surface area contributed by atoms with Crippen LogP contribution in [-0.4, -0.2) is 9.52 Å². The van der Waals surface area contributed by atoms with Gasteiger partial charge in [-0.1, -0.05) is 0 Å². The van der Waals surface area contributed by atoms with E-state index in [1.165, 1.54) is 71.0 Å². The summed E-state index contributed by atoms with van der Waals surface area (Å²) in [5.74, 6) is 0. The quantitative estimate of drug-likeness (QED) is 0.153. The van der Waals surface area contributed by atoms with Crippen LogP contribution in [0, 0.1) is 0 Å². The Hall–Kier alpha value is -1.70. The van der Waals surface area contributed by atoms with Gasteiger partial charge in [-0.05, 0) is 0 Å². The Balaban J connectivity index is 1.52. The molecule has 0 amide bonds. The van der Waals surface area contributed by atoms with Crippen molar-refractivity contribution < 1.29 is 17.9 Å². The molecule has 2 aliphatic rings. The molecule has 1 aliphatic heterocycles. The summed E-state index contributed by atoms with van der Waals surface area (Å²) in [5, 5.41) is 3.02. The van der Waals surface area contributed by atoms with E-state index in [-0.39, 0.29) is 3.63 Å². The molecular formula is C34H34Cl2SiZr. The third-order valence-corrected chi connectivity index (χ3v) is 22.7. The second kappa shape index (κ2) is 11.1. The molecule has 0 N–H and O–H groups in total. The van der Waals surface area contributed by atoms with E-state index in [1.807, 2.05) is 0 Å². The molecule has 1 heterocycles. The van der Waals surface area contributed by atoms with Gasteiger partial charge in [-0.25, -0.2) is 0 Å². The Kier molecular flexibility index (Phi) is 7.71. The van der Waals surface area contributed by atoms with Crippen LogP contribution in [0.3, 0.4) is 0 Å². The van der Waals surface area contributed by atoms with Gasteiger partial charge in [-0.2, -0.15) is 0 Å². The first kappa shape index (κ1) is 26.5. The minimum absolute atomic E-state index is 0.148. The van der Waals surface area contributed by atoms with Crippen molar-refractivity contribution in [2.24, 2.45) is 0 Å². The summed E-state index contributed by atoms with van der Waals surface area (Å²) in [6.45, 7) is 4.55. The first-order chi connectivity index (χ1) is 18.5. The fraction of sp³-hybridized carbons (Fsp3) is 0.235. The predicted molar refractivity (Wildman–Crippen MR) is 167 cm³/mol. The molecule has 192 valence electrons. The van der Waals surface area contributed by atoms with Crippen LogP contribution < -0.4 is 13.6 Å². The van der Waals surface area contributed by atoms with E-state index in [4.69, 9.17) is 17.0 Å². The number of halogens is 2. The van der Waals surface area contributed by atoms with Gasteiger partial charge < -0.3 is 0 Å². The Morgan fingerprint density at radius 3 is 2.32 bits per heavy atom. The van der Waals surface area contributed by atoms with Gasteiger partial charge in [0.2, 0.25) is 0 Å². The third kappa shape index (κ3) is 4.56. The van der Waals surface area contributed by atoms with Crippen molar-refractivity contribution >= 4 is 46.3 Å². The SMILES string of the molecule is CCCCc1ccc2c(c1-c1ccccc1)C=C(CCC)[CH]2[Zr]([Cl])([Cl])[c]1cccc2c1[SiH2]c1ccccc1-2. The molecule has 1 atom stereocenters. The topological polar surface area (TPSA) is 0 Å². The second-order valence-electron chi connectivity index (χ2n) is 10.8. The summed E-state index contributed by atoms with van der Waals surface area (Å²) >= 11 is -3.93. The van der Waals surface area contributed by atoms with Crippen molar-refractivity contribution in [2.45, 2.75) is 49.6 Å². The summed E-state index contributed by atoms with van der Waals surface area (Å²) in [7, 11) is 15.1. The normalized spacial score (nSPS) is 16.3. The standard InChI is InChI=1S/C22H25.C12H9Si.2ClH.Zr/c1-3-5-10-19-13-14-20-15-17(9-4-2)16-21(20)22(19)18-11-7-6-8-12-18;1-3-7-11-9(5-1)10-6-2-4-8-12(10)13-11;;;/h6-8,11-16H,3-5,9-10H2,1-2H3;1-7H,13H2;2*1H;/q;;;;+2/p-2. The van der Waals surface area contributed by atoms with Gasteiger partial charge in [0.05, 0.1) is 0 Å². The van der Waals surface area contributed by atoms with Crippen molar-refractivity contribution in [1.29, 1.82) is 0 Å². The number of unbranched alkanes of at least 4 members (excludes halogenated alkanes) is 1. The van der Waals surface area contributed by atoms with Gasteiger partial charge in [-0.3, -0.25) is 0 Å². The van der Waals surface area contributed by atoms with Crippen molar-refractivity contribution in [1.82, 2.24) is 0 Å². The van der Waals surface area contributed by atoms with Crippen molar-refractivity contribution in [3.63, 3.8) is 0 Å². The molecule has 0 radical (unpaired) electrons. The van der Waals surface area contributed by atoms with E-state index in [0.717, 1.165) is 19.3 Å². The Labute approximate surface area is 241 Å². The van der Waals surface area contributed by atoms with Gasteiger partial charge in [-0.15, -0.1) is 0 Å². The number of benzene rings is 4. The summed E-state index contributed by atoms with van der Waals surface area (Å²) in [6, 6.07) is 31.4. The maximum atomic E-state index is 7.83.